The number of hydrogen-bond donors (Lipinski definition) is 2. The van der Waals surface area contributed by atoms with Crippen LogP contribution in [0.25, 0.3) is 27.7 Å². The van der Waals surface area contributed by atoms with Crippen molar-refractivity contribution in [1.82, 2.24) is 4.57 Å². The minimum atomic E-state index is -1.02. The third-order valence-corrected chi connectivity index (χ3v) is 7.65. The van der Waals surface area contributed by atoms with E-state index in [1.807, 2.05) is 18.4 Å². The topological polar surface area (TPSA) is 86.2 Å². The first-order valence-electron chi connectivity index (χ1n) is 10.2. The van der Waals surface area contributed by atoms with Crippen LogP contribution in [0.1, 0.15) is 29.9 Å². The highest BCUT2D eigenvalue weighted by Gasteiger charge is 2.37. The van der Waals surface area contributed by atoms with Gasteiger partial charge in [-0.25, -0.2) is 9.18 Å². The fourth-order valence-electron chi connectivity index (χ4n) is 4.10. The molecule has 0 amide bonds. The standard InChI is InChI=1S/C26H20FIN2O3/c1-26(2,22(28)14-29)24-23(15-3-5-16(6-4-15)25(32)33)20-13-19(31)11-12-21(20)30(24)18-9-7-17(27)8-10-18/h3-13,22,31H,1-2H3,(H,32,33). The lowest BCUT2D eigenvalue weighted by Crippen LogP contribution is -2.31. The molecule has 3 aromatic carbocycles. The number of carbonyl (C=O) groups is 1. The average molecular weight is 554 g/mol. The number of alkyl halides is 1. The van der Waals surface area contributed by atoms with Crippen molar-refractivity contribution in [3.05, 3.63) is 83.8 Å². The van der Waals surface area contributed by atoms with Gasteiger partial charge >= 0.3 is 5.97 Å². The molecule has 1 aromatic heterocycles. The molecule has 0 fully saturated rings. The van der Waals surface area contributed by atoms with Crippen molar-refractivity contribution in [1.29, 1.82) is 5.26 Å². The van der Waals surface area contributed by atoms with Crippen LogP contribution in [0.5, 0.6) is 5.75 Å². The molecule has 4 rings (SSSR count). The maximum atomic E-state index is 13.7. The van der Waals surface area contributed by atoms with Crippen LogP contribution >= 0.6 is 22.6 Å². The highest BCUT2D eigenvalue weighted by atomic mass is 127. The third kappa shape index (κ3) is 3.95. The predicted molar refractivity (Wildman–Crippen MR) is 134 cm³/mol. The number of phenols is 1. The lowest BCUT2D eigenvalue weighted by atomic mass is 9.81. The number of nitrogens with zero attached hydrogens (tertiary/aromatic N) is 2. The first kappa shape index (κ1) is 22.8. The molecular weight excluding hydrogens is 534 g/mol. The van der Waals surface area contributed by atoms with Crippen LogP contribution in [0, 0.1) is 17.1 Å². The van der Waals surface area contributed by atoms with Gasteiger partial charge in [-0.2, -0.15) is 5.26 Å². The van der Waals surface area contributed by atoms with E-state index >= 15 is 0 Å². The van der Waals surface area contributed by atoms with E-state index in [1.54, 1.807) is 42.5 Å². The van der Waals surface area contributed by atoms with E-state index in [0.29, 0.717) is 5.69 Å². The van der Waals surface area contributed by atoms with Crippen molar-refractivity contribution in [2.24, 2.45) is 0 Å². The maximum absolute atomic E-state index is 13.7. The van der Waals surface area contributed by atoms with Crippen LogP contribution in [-0.4, -0.2) is 24.7 Å². The molecule has 33 heavy (non-hydrogen) atoms. The van der Waals surface area contributed by atoms with E-state index in [2.05, 4.69) is 28.7 Å². The number of carboxylic acids is 1. The number of hydrogen-bond acceptors (Lipinski definition) is 3. The minimum absolute atomic E-state index is 0.0813. The average Bonchev–Trinajstić information content (AvgIpc) is 3.14. The summed E-state index contributed by atoms with van der Waals surface area (Å²) >= 11 is 2.11. The highest BCUT2D eigenvalue weighted by molar-refractivity contribution is 14.1. The molecule has 0 aliphatic heterocycles. The number of aromatic carboxylic acids is 1. The summed E-state index contributed by atoms with van der Waals surface area (Å²) in [6.07, 6.45) is 0. The fourth-order valence-corrected chi connectivity index (χ4v) is 4.40. The predicted octanol–water partition coefficient (Wildman–Crippen LogP) is 6.45. The van der Waals surface area contributed by atoms with Crippen molar-refractivity contribution >= 4 is 39.5 Å². The summed E-state index contributed by atoms with van der Waals surface area (Å²) in [4.78, 5) is 11.4. The van der Waals surface area contributed by atoms with Crippen LogP contribution in [-0.2, 0) is 5.41 Å². The Labute approximate surface area is 203 Å². The van der Waals surface area contributed by atoms with Crippen molar-refractivity contribution in [2.45, 2.75) is 23.2 Å². The summed E-state index contributed by atoms with van der Waals surface area (Å²) in [7, 11) is 0. The molecule has 5 nitrogen and oxygen atoms in total. The number of aromatic hydroxyl groups is 1. The second-order valence-corrected chi connectivity index (χ2v) is 9.58. The summed E-state index contributed by atoms with van der Waals surface area (Å²) < 4.78 is 15.3. The molecule has 0 radical (unpaired) electrons. The lowest BCUT2D eigenvalue weighted by molar-refractivity contribution is 0.0697. The zero-order chi connectivity index (χ0) is 23.9. The quantitative estimate of drug-likeness (QED) is 0.220. The van der Waals surface area contributed by atoms with Gasteiger partial charge in [0.25, 0.3) is 0 Å². The van der Waals surface area contributed by atoms with Crippen molar-refractivity contribution in [3.8, 4) is 28.6 Å². The van der Waals surface area contributed by atoms with Gasteiger partial charge in [-0.1, -0.05) is 48.6 Å². The highest BCUT2D eigenvalue weighted by Crippen LogP contribution is 2.46. The van der Waals surface area contributed by atoms with Crippen LogP contribution in [0.4, 0.5) is 4.39 Å². The smallest absolute Gasteiger partial charge is 0.335 e. The fraction of sp³-hybridized carbons (Fsp3) is 0.154. The molecule has 2 N–H and O–H groups in total. The van der Waals surface area contributed by atoms with Gasteiger partial charge in [0, 0.05) is 27.7 Å². The van der Waals surface area contributed by atoms with Crippen LogP contribution in [0.15, 0.2) is 66.7 Å². The van der Waals surface area contributed by atoms with Gasteiger partial charge in [0.1, 0.15) is 15.5 Å². The van der Waals surface area contributed by atoms with E-state index in [9.17, 15) is 24.7 Å². The number of aromatic nitrogens is 1. The number of nitriles is 1. The van der Waals surface area contributed by atoms with E-state index in [4.69, 9.17) is 0 Å². The van der Waals surface area contributed by atoms with Gasteiger partial charge < -0.3 is 14.8 Å². The zero-order valence-electron chi connectivity index (χ0n) is 17.9. The molecule has 0 bridgehead atoms. The Morgan fingerprint density at radius 3 is 2.30 bits per heavy atom. The van der Waals surface area contributed by atoms with Crippen molar-refractivity contribution < 1.29 is 19.4 Å². The van der Waals surface area contributed by atoms with Gasteiger partial charge in [-0.05, 0) is 60.2 Å². The van der Waals surface area contributed by atoms with E-state index in [0.717, 1.165) is 27.7 Å². The Kier molecular flexibility index (Phi) is 5.89. The Bertz CT molecular complexity index is 1400. The van der Waals surface area contributed by atoms with Crippen molar-refractivity contribution in [2.75, 3.05) is 0 Å². The van der Waals surface area contributed by atoms with Crippen LogP contribution < -0.4 is 0 Å². The molecule has 0 saturated carbocycles. The number of rotatable bonds is 5. The van der Waals surface area contributed by atoms with E-state index in [1.165, 1.54) is 24.3 Å². The van der Waals surface area contributed by atoms with Crippen LogP contribution in [0.3, 0.4) is 0 Å². The Morgan fingerprint density at radius 1 is 1.09 bits per heavy atom. The Morgan fingerprint density at radius 2 is 1.73 bits per heavy atom. The Balaban J connectivity index is 2.16. The molecular formula is C26H20FIN2O3. The minimum Gasteiger partial charge on any atom is -0.508 e. The van der Waals surface area contributed by atoms with E-state index < -0.39 is 15.3 Å². The molecule has 4 aromatic rings. The molecule has 0 saturated heterocycles. The second-order valence-electron chi connectivity index (χ2n) is 8.33. The first-order chi connectivity index (χ1) is 15.6. The number of fused-ring (bicyclic) bond motifs is 1. The largest absolute Gasteiger partial charge is 0.508 e. The van der Waals surface area contributed by atoms with Gasteiger partial charge in [0.15, 0.2) is 0 Å². The lowest BCUT2D eigenvalue weighted by Gasteiger charge is -2.30. The molecule has 0 spiro atoms. The molecule has 1 atom stereocenters. The molecule has 166 valence electrons. The molecule has 0 aliphatic rings. The molecule has 7 heteroatoms. The van der Waals surface area contributed by atoms with Gasteiger partial charge in [-0.3, -0.25) is 0 Å². The molecule has 1 heterocycles. The molecule has 0 aliphatic carbocycles. The van der Waals surface area contributed by atoms with Gasteiger partial charge in [-0.15, -0.1) is 0 Å². The summed E-state index contributed by atoms with van der Waals surface area (Å²) in [5, 5.41) is 30.1. The van der Waals surface area contributed by atoms with Crippen molar-refractivity contribution in [3.63, 3.8) is 0 Å². The number of halogens is 2. The number of benzene rings is 3. The summed E-state index contributed by atoms with van der Waals surface area (Å²) in [6, 6.07) is 20.0. The maximum Gasteiger partial charge on any atom is 0.335 e. The summed E-state index contributed by atoms with van der Waals surface area (Å²) in [5.74, 6) is -1.30. The summed E-state index contributed by atoms with van der Waals surface area (Å²) in [6.45, 7) is 3.94. The zero-order valence-corrected chi connectivity index (χ0v) is 20.0. The van der Waals surface area contributed by atoms with Crippen LogP contribution in [0.2, 0.25) is 0 Å². The van der Waals surface area contributed by atoms with Gasteiger partial charge in [0.05, 0.1) is 17.1 Å². The molecule has 1 unspecified atom stereocenters. The van der Waals surface area contributed by atoms with E-state index in [-0.39, 0.29) is 17.1 Å². The Hall–Kier alpha value is -3.38. The normalized spacial score (nSPS) is 12.5. The first-order valence-corrected chi connectivity index (χ1v) is 11.4. The number of carboxylic acid groups (broad SMARTS) is 1. The van der Waals surface area contributed by atoms with Gasteiger partial charge in [0.2, 0.25) is 0 Å². The third-order valence-electron chi connectivity index (χ3n) is 5.81. The summed E-state index contributed by atoms with van der Waals surface area (Å²) in [5.41, 5.74) is 3.32. The monoisotopic (exact) mass is 554 g/mol. The SMILES string of the molecule is CC(C)(c1c(-c2ccc(C(=O)O)cc2)c2cc(O)ccc2n1-c1ccc(F)cc1)C(I)C#N. The number of phenolic OH excluding ortho intramolecular Hbond substituents is 1. The second kappa shape index (κ2) is 8.52.